The van der Waals surface area contributed by atoms with E-state index in [-0.39, 0.29) is 24.0 Å². The van der Waals surface area contributed by atoms with E-state index in [9.17, 15) is 4.79 Å². The molecular weight excluding hydrogens is 434 g/mol. The molecule has 0 saturated carbocycles. The molecule has 0 aliphatic carbocycles. The molecule has 0 radical (unpaired) electrons. The molecule has 0 bridgehead atoms. The molecule has 4 heterocycles. The second kappa shape index (κ2) is 9.52. The lowest BCUT2D eigenvalue weighted by Gasteiger charge is -2.26. The highest BCUT2D eigenvalue weighted by Gasteiger charge is 2.17. The van der Waals surface area contributed by atoms with Crippen LogP contribution in [0.4, 0.5) is 5.69 Å². The predicted molar refractivity (Wildman–Crippen MR) is 124 cm³/mol. The van der Waals surface area contributed by atoms with Crippen LogP contribution in [-0.2, 0) is 6.54 Å². The molecule has 1 aliphatic rings. The van der Waals surface area contributed by atoms with E-state index in [1.54, 1.807) is 17.5 Å². The van der Waals surface area contributed by atoms with Crippen molar-refractivity contribution in [2.75, 3.05) is 31.5 Å². The summed E-state index contributed by atoms with van der Waals surface area (Å²) in [5, 5.41) is 8.51. The minimum Gasteiger partial charge on any atom is -0.320 e. The average Bonchev–Trinajstić information content (AvgIpc) is 3.37. The first-order chi connectivity index (χ1) is 14.8. The van der Waals surface area contributed by atoms with Crippen molar-refractivity contribution in [2.45, 2.75) is 6.54 Å². The molecule has 31 heavy (non-hydrogen) atoms. The van der Waals surface area contributed by atoms with Crippen LogP contribution in [0.2, 0.25) is 0 Å². The van der Waals surface area contributed by atoms with Crippen LogP contribution in [0.25, 0.3) is 16.2 Å². The lowest BCUT2D eigenvalue weighted by Crippen LogP contribution is -2.43. The zero-order chi connectivity index (χ0) is 20.3. The van der Waals surface area contributed by atoms with Crippen LogP contribution in [-0.4, -0.2) is 56.3 Å². The van der Waals surface area contributed by atoms with Gasteiger partial charge in [0.15, 0.2) is 4.96 Å². The van der Waals surface area contributed by atoms with Gasteiger partial charge in [-0.2, -0.15) is 0 Å². The second-order valence-electron chi connectivity index (χ2n) is 7.12. The molecule has 1 saturated heterocycles. The molecule has 5 rings (SSSR count). The van der Waals surface area contributed by atoms with Crippen LogP contribution in [0, 0.1) is 0 Å². The number of halogens is 1. The summed E-state index contributed by atoms with van der Waals surface area (Å²) >= 11 is 1.64. The van der Waals surface area contributed by atoms with E-state index in [0.717, 1.165) is 48.9 Å². The number of hydrogen-bond acceptors (Lipinski definition) is 7. The van der Waals surface area contributed by atoms with Crippen molar-refractivity contribution in [2.24, 2.45) is 0 Å². The van der Waals surface area contributed by atoms with Gasteiger partial charge in [-0.1, -0.05) is 18.2 Å². The van der Waals surface area contributed by atoms with Crippen LogP contribution >= 0.6 is 23.7 Å². The summed E-state index contributed by atoms with van der Waals surface area (Å²) < 4.78 is 2.16. The number of para-hydroxylation sites is 1. The van der Waals surface area contributed by atoms with Crippen molar-refractivity contribution in [1.29, 1.82) is 0 Å². The maximum Gasteiger partial charge on any atom is 0.275 e. The number of piperazine rings is 1. The number of benzene rings is 1. The Hall–Kier alpha value is -2.85. The Morgan fingerprint density at radius 3 is 2.84 bits per heavy atom. The Labute approximate surface area is 189 Å². The molecule has 3 aromatic heterocycles. The maximum atomic E-state index is 12.5. The summed E-state index contributed by atoms with van der Waals surface area (Å²) in [6, 6.07) is 7.68. The number of hydrogen-bond donors (Lipinski definition) is 2. The van der Waals surface area contributed by atoms with E-state index in [1.807, 2.05) is 24.3 Å². The van der Waals surface area contributed by atoms with E-state index in [1.165, 1.54) is 18.1 Å². The highest BCUT2D eigenvalue weighted by molar-refractivity contribution is 7.15. The summed E-state index contributed by atoms with van der Waals surface area (Å²) in [5.41, 5.74) is 3.91. The minimum atomic E-state index is -0.295. The van der Waals surface area contributed by atoms with Gasteiger partial charge >= 0.3 is 0 Å². The Kier molecular flexibility index (Phi) is 6.57. The smallest absolute Gasteiger partial charge is 0.275 e. The lowest BCUT2D eigenvalue weighted by atomic mass is 10.1. The van der Waals surface area contributed by atoms with Gasteiger partial charge in [-0.05, 0) is 6.07 Å². The standard InChI is InChI=1S/C21H21N7OS.ClH/c29-20(18-11-23-5-6-24-18)25-17-4-2-1-3-16(17)19-13-28-15(14-30-21(28)26-19)12-27-9-7-22-8-10-27;/h1-6,11,13-14,22H,7-10,12H2,(H,25,29);1H. The quantitative estimate of drug-likeness (QED) is 0.481. The van der Waals surface area contributed by atoms with E-state index >= 15 is 0 Å². The van der Waals surface area contributed by atoms with Gasteiger partial charge in [0, 0.05) is 68.0 Å². The van der Waals surface area contributed by atoms with Crippen LogP contribution in [0.3, 0.4) is 0 Å². The van der Waals surface area contributed by atoms with Gasteiger partial charge < -0.3 is 10.6 Å². The van der Waals surface area contributed by atoms with Crippen molar-refractivity contribution in [3.63, 3.8) is 0 Å². The Bertz CT molecular complexity index is 1170. The number of rotatable bonds is 5. The summed E-state index contributed by atoms with van der Waals surface area (Å²) in [6.07, 6.45) is 6.55. The van der Waals surface area contributed by atoms with Crippen molar-refractivity contribution in [1.82, 2.24) is 29.6 Å². The summed E-state index contributed by atoms with van der Waals surface area (Å²) in [5.74, 6) is -0.295. The number of thiazole rings is 1. The topological polar surface area (TPSA) is 87.5 Å². The van der Waals surface area contributed by atoms with Crippen molar-refractivity contribution in [3.8, 4) is 11.3 Å². The number of carbonyl (C=O) groups excluding carboxylic acids is 1. The molecule has 1 fully saturated rings. The first-order valence-corrected chi connectivity index (χ1v) is 10.7. The highest BCUT2D eigenvalue weighted by Crippen LogP contribution is 2.30. The molecule has 4 aromatic rings. The fourth-order valence-electron chi connectivity index (χ4n) is 3.59. The number of fused-ring (bicyclic) bond motifs is 1. The summed E-state index contributed by atoms with van der Waals surface area (Å²) in [6.45, 7) is 5.07. The third-order valence-electron chi connectivity index (χ3n) is 5.13. The molecule has 1 amide bonds. The third kappa shape index (κ3) is 4.59. The van der Waals surface area contributed by atoms with Crippen LogP contribution in [0.5, 0.6) is 0 Å². The SMILES string of the molecule is Cl.O=C(Nc1ccccc1-c1cn2c(CN3CCNCC3)csc2n1)c1cnccn1. The van der Waals surface area contributed by atoms with Gasteiger partial charge in [-0.3, -0.25) is 19.1 Å². The Morgan fingerprint density at radius 1 is 1.19 bits per heavy atom. The maximum absolute atomic E-state index is 12.5. The number of amides is 1. The molecule has 1 aromatic carbocycles. The minimum absolute atomic E-state index is 0. The molecule has 10 heteroatoms. The van der Waals surface area contributed by atoms with Crippen LogP contribution < -0.4 is 10.6 Å². The molecule has 2 N–H and O–H groups in total. The summed E-state index contributed by atoms with van der Waals surface area (Å²) in [7, 11) is 0. The number of carbonyl (C=O) groups is 1. The Balaban J connectivity index is 0.00000231. The van der Waals surface area contributed by atoms with Gasteiger partial charge in [0.2, 0.25) is 0 Å². The third-order valence-corrected chi connectivity index (χ3v) is 6.01. The van der Waals surface area contributed by atoms with E-state index < -0.39 is 0 Å². The number of aromatic nitrogens is 4. The lowest BCUT2D eigenvalue weighted by molar-refractivity contribution is 0.102. The molecule has 1 aliphatic heterocycles. The van der Waals surface area contributed by atoms with Crippen molar-refractivity contribution >= 4 is 40.3 Å². The average molecular weight is 456 g/mol. The number of anilines is 1. The molecule has 0 unspecified atom stereocenters. The molecular formula is C21H22ClN7OS. The first kappa shape index (κ1) is 21.4. The van der Waals surface area contributed by atoms with E-state index in [4.69, 9.17) is 4.98 Å². The zero-order valence-electron chi connectivity index (χ0n) is 16.7. The predicted octanol–water partition coefficient (Wildman–Crippen LogP) is 2.93. The fraction of sp³-hybridized carbons (Fsp3) is 0.238. The van der Waals surface area contributed by atoms with E-state index in [2.05, 4.69) is 41.5 Å². The number of nitrogens with zero attached hydrogens (tertiary/aromatic N) is 5. The molecule has 0 spiro atoms. The van der Waals surface area contributed by atoms with Gasteiger partial charge in [0.1, 0.15) is 5.69 Å². The molecule has 8 nitrogen and oxygen atoms in total. The van der Waals surface area contributed by atoms with Gasteiger partial charge in [0.05, 0.1) is 17.6 Å². The number of nitrogens with one attached hydrogen (secondary N) is 2. The van der Waals surface area contributed by atoms with Crippen molar-refractivity contribution in [3.05, 3.63) is 65.8 Å². The fourth-order valence-corrected chi connectivity index (χ4v) is 4.45. The van der Waals surface area contributed by atoms with E-state index in [0.29, 0.717) is 5.69 Å². The molecule has 160 valence electrons. The normalized spacial score (nSPS) is 14.3. The largest absolute Gasteiger partial charge is 0.320 e. The summed E-state index contributed by atoms with van der Waals surface area (Å²) in [4.78, 5) is 28.8. The zero-order valence-corrected chi connectivity index (χ0v) is 18.3. The highest BCUT2D eigenvalue weighted by atomic mass is 35.5. The van der Waals surface area contributed by atoms with Gasteiger partial charge in [0.25, 0.3) is 5.91 Å². The van der Waals surface area contributed by atoms with Crippen LogP contribution in [0.15, 0.2) is 54.4 Å². The first-order valence-electron chi connectivity index (χ1n) is 9.83. The van der Waals surface area contributed by atoms with Crippen LogP contribution in [0.1, 0.15) is 16.2 Å². The van der Waals surface area contributed by atoms with Gasteiger partial charge in [-0.15, -0.1) is 23.7 Å². The monoisotopic (exact) mass is 455 g/mol. The number of imidazole rings is 1. The molecule has 0 atom stereocenters. The second-order valence-corrected chi connectivity index (χ2v) is 7.96. The Morgan fingerprint density at radius 2 is 2.03 bits per heavy atom. The van der Waals surface area contributed by atoms with Crippen molar-refractivity contribution < 1.29 is 4.79 Å². The van der Waals surface area contributed by atoms with Gasteiger partial charge in [-0.25, -0.2) is 9.97 Å².